The van der Waals surface area contributed by atoms with Crippen molar-refractivity contribution in [3.8, 4) is 5.75 Å². The van der Waals surface area contributed by atoms with Gasteiger partial charge in [0.2, 0.25) is 5.43 Å². The molecule has 3 aromatic rings. The van der Waals surface area contributed by atoms with Gasteiger partial charge in [-0.1, -0.05) is 30.3 Å². The highest BCUT2D eigenvalue weighted by atomic mass is 16.5. The van der Waals surface area contributed by atoms with Crippen LogP contribution in [0.15, 0.2) is 59.5 Å². The third-order valence-electron chi connectivity index (χ3n) is 4.42. The molecule has 1 aliphatic rings. The Morgan fingerprint density at radius 1 is 1.16 bits per heavy atom. The van der Waals surface area contributed by atoms with E-state index in [1.165, 1.54) is 6.20 Å². The highest BCUT2D eigenvalue weighted by Gasteiger charge is 2.26. The van der Waals surface area contributed by atoms with Crippen molar-refractivity contribution in [2.24, 2.45) is 0 Å². The monoisotopic (exact) mass is 335 g/mol. The summed E-state index contributed by atoms with van der Waals surface area (Å²) >= 11 is 0. The predicted molar refractivity (Wildman–Crippen MR) is 94.2 cm³/mol. The highest BCUT2D eigenvalue weighted by Crippen LogP contribution is 2.37. The first-order valence-corrected chi connectivity index (χ1v) is 8.22. The molecular formula is C20H17NO4. The third kappa shape index (κ3) is 3.01. The van der Waals surface area contributed by atoms with Crippen LogP contribution in [0.1, 0.15) is 34.8 Å². The molecule has 1 saturated carbocycles. The van der Waals surface area contributed by atoms with E-state index >= 15 is 0 Å². The molecule has 126 valence electrons. The summed E-state index contributed by atoms with van der Waals surface area (Å²) in [6, 6.07) is 15.3. The molecule has 25 heavy (non-hydrogen) atoms. The first-order valence-electron chi connectivity index (χ1n) is 8.22. The van der Waals surface area contributed by atoms with Crippen LogP contribution < -0.4 is 10.2 Å². The molecule has 1 aliphatic carbocycles. The van der Waals surface area contributed by atoms with Gasteiger partial charge in [-0.3, -0.25) is 4.79 Å². The number of hydrogen-bond acceptors (Lipinski definition) is 3. The van der Waals surface area contributed by atoms with Crippen molar-refractivity contribution in [1.29, 1.82) is 0 Å². The first kappa shape index (κ1) is 15.4. The number of fused-ring (bicyclic) bond motifs is 1. The maximum atomic E-state index is 12.5. The Bertz CT molecular complexity index is 1000. The van der Waals surface area contributed by atoms with Crippen LogP contribution >= 0.6 is 0 Å². The fourth-order valence-corrected chi connectivity index (χ4v) is 2.97. The largest absolute Gasteiger partial charge is 0.489 e. The molecule has 5 heteroatoms. The molecule has 1 aromatic heterocycles. The van der Waals surface area contributed by atoms with Gasteiger partial charge in [-0.25, -0.2) is 4.79 Å². The zero-order chi connectivity index (χ0) is 17.4. The maximum absolute atomic E-state index is 12.5. The molecule has 0 radical (unpaired) electrons. The smallest absolute Gasteiger partial charge is 0.341 e. The van der Waals surface area contributed by atoms with Crippen LogP contribution in [-0.4, -0.2) is 15.6 Å². The quantitative estimate of drug-likeness (QED) is 0.773. The number of rotatable bonds is 5. The molecule has 2 aromatic carbocycles. The predicted octanol–water partition coefficient (Wildman–Crippen LogP) is 3.61. The number of nitrogens with zero attached hydrogens (tertiary/aromatic N) is 1. The van der Waals surface area contributed by atoms with E-state index in [1.54, 1.807) is 6.07 Å². The Labute approximate surface area is 144 Å². The Morgan fingerprint density at radius 2 is 1.92 bits per heavy atom. The van der Waals surface area contributed by atoms with Crippen molar-refractivity contribution >= 4 is 16.9 Å². The highest BCUT2D eigenvalue weighted by molar-refractivity contribution is 5.93. The second kappa shape index (κ2) is 6.09. The lowest BCUT2D eigenvalue weighted by Gasteiger charge is -2.13. The van der Waals surface area contributed by atoms with Crippen molar-refractivity contribution in [3.05, 3.63) is 76.1 Å². The van der Waals surface area contributed by atoms with E-state index in [2.05, 4.69) is 0 Å². The van der Waals surface area contributed by atoms with Crippen molar-refractivity contribution in [2.45, 2.75) is 25.5 Å². The van der Waals surface area contributed by atoms with Crippen LogP contribution in [-0.2, 0) is 6.61 Å². The molecule has 0 spiro atoms. The normalized spacial score (nSPS) is 13.8. The van der Waals surface area contributed by atoms with Gasteiger partial charge in [0.1, 0.15) is 17.9 Å². The fraction of sp³-hybridized carbons (Fsp3) is 0.200. The molecule has 1 N–H and O–H groups in total. The SMILES string of the molecule is O=C(O)c1cn(C2CC2)c2ccc(OCc3ccccc3)cc2c1=O. The molecule has 1 fully saturated rings. The van der Waals surface area contributed by atoms with Gasteiger partial charge in [-0.15, -0.1) is 0 Å². The molecule has 0 atom stereocenters. The lowest BCUT2D eigenvalue weighted by Crippen LogP contribution is -2.18. The van der Waals surface area contributed by atoms with Crippen molar-refractivity contribution in [3.63, 3.8) is 0 Å². The lowest BCUT2D eigenvalue weighted by atomic mass is 10.1. The van der Waals surface area contributed by atoms with Gasteiger partial charge < -0.3 is 14.4 Å². The summed E-state index contributed by atoms with van der Waals surface area (Å²) in [7, 11) is 0. The lowest BCUT2D eigenvalue weighted by molar-refractivity contribution is 0.0695. The van der Waals surface area contributed by atoms with Crippen molar-refractivity contribution in [1.82, 2.24) is 4.57 Å². The summed E-state index contributed by atoms with van der Waals surface area (Å²) in [5.74, 6) is -0.643. The summed E-state index contributed by atoms with van der Waals surface area (Å²) in [5.41, 5.74) is 1.12. The molecule has 0 aliphatic heterocycles. The maximum Gasteiger partial charge on any atom is 0.341 e. The standard InChI is InChI=1S/C20H17NO4/c22-19-16-10-15(25-12-13-4-2-1-3-5-13)8-9-18(16)21(14-6-7-14)11-17(19)20(23)24/h1-5,8-11,14H,6-7,12H2,(H,23,24). The minimum absolute atomic E-state index is 0.195. The van der Waals surface area contributed by atoms with E-state index < -0.39 is 11.4 Å². The summed E-state index contributed by atoms with van der Waals surface area (Å²) in [6.07, 6.45) is 3.47. The molecule has 1 heterocycles. The molecular weight excluding hydrogens is 318 g/mol. The third-order valence-corrected chi connectivity index (χ3v) is 4.42. The zero-order valence-corrected chi connectivity index (χ0v) is 13.5. The summed E-state index contributed by atoms with van der Waals surface area (Å²) in [6.45, 7) is 0.391. The zero-order valence-electron chi connectivity index (χ0n) is 13.5. The number of benzene rings is 2. The Hall–Kier alpha value is -3.08. The number of ether oxygens (including phenoxy) is 1. The molecule has 0 bridgehead atoms. The second-order valence-corrected chi connectivity index (χ2v) is 6.27. The molecule has 5 nitrogen and oxygen atoms in total. The molecule has 0 unspecified atom stereocenters. The summed E-state index contributed by atoms with van der Waals surface area (Å²) < 4.78 is 7.68. The van der Waals surface area contributed by atoms with Gasteiger partial charge in [0, 0.05) is 12.2 Å². The van der Waals surface area contributed by atoms with Crippen LogP contribution in [0.2, 0.25) is 0 Å². The van der Waals surface area contributed by atoms with Gasteiger partial charge in [0.05, 0.1) is 10.9 Å². The van der Waals surface area contributed by atoms with Crippen molar-refractivity contribution in [2.75, 3.05) is 0 Å². The Morgan fingerprint density at radius 3 is 2.60 bits per heavy atom. The number of pyridine rings is 1. The molecule has 0 saturated heterocycles. The average molecular weight is 335 g/mol. The topological polar surface area (TPSA) is 68.5 Å². The van der Waals surface area contributed by atoms with E-state index in [9.17, 15) is 14.7 Å². The number of carboxylic acids is 1. The number of carbonyl (C=O) groups is 1. The van der Waals surface area contributed by atoms with Gasteiger partial charge in [0.25, 0.3) is 0 Å². The minimum atomic E-state index is -1.20. The van der Waals surface area contributed by atoms with E-state index in [1.807, 2.05) is 47.0 Å². The second-order valence-electron chi connectivity index (χ2n) is 6.27. The van der Waals surface area contributed by atoms with Gasteiger partial charge in [0.15, 0.2) is 0 Å². The van der Waals surface area contributed by atoms with Crippen LogP contribution in [0.5, 0.6) is 5.75 Å². The minimum Gasteiger partial charge on any atom is -0.489 e. The van der Waals surface area contributed by atoms with E-state index in [0.29, 0.717) is 17.7 Å². The molecule has 4 rings (SSSR count). The number of carboxylic acid groups (broad SMARTS) is 1. The van der Waals surface area contributed by atoms with E-state index in [4.69, 9.17) is 4.74 Å². The Kier molecular flexibility index (Phi) is 3.76. The summed E-state index contributed by atoms with van der Waals surface area (Å²) in [4.78, 5) is 24.0. The van der Waals surface area contributed by atoms with E-state index in [-0.39, 0.29) is 11.6 Å². The van der Waals surface area contributed by atoms with Gasteiger partial charge in [-0.2, -0.15) is 0 Å². The fourth-order valence-electron chi connectivity index (χ4n) is 2.97. The molecule has 0 amide bonds. The van der Waals surface area contributed by atoms with Crippen LogP contribution in [0.3, 0.4) is 0 Å². The summed E-state index contributed by atoms with van der Waals surface area (Å²) in [5, 5.41) is 9.71. The first-order chi connectivity index (χ1) is 12.1. The Balaban J connectivity index is 1.75. The number of aromatic nitrogens is 1. The van der Waals surface area contributed by atoms with Crippen LogP contribution in [0, 0.1) is 0 Å². The van der Waals surface area contributed by atoms with Gasteiger partial charge in [-0.05, 0) is 36.6 Å². The van der Waals surface area contributed by atoms with Gasteiger partial charge >= 0.3 is 5.97 Å². The number of hydrogen-bond donors (Lipinski definition) is 1. The van der Waals surface area contributed by atoms with E-state index in [0.717, 1.165) is 23.9 Å². The number of aromatic carboxylic acids is 1. The van der Waals surface area contributed by atoms with Crippen LogP contribution in [0.4, 0.5) is 0 Å². The van der Waals surface area contributed by atoms with Crippen molar-refractivity contribution < 1.29 is 14.6 Å². The van der Waals surface area contributed by atoms with Crippen LogP contribution in [0.25, 0.3) is 10.9 Å². The average Bonchev–Trinajstić information content (AvgIpc) is 3.46.